The Morgan fingerprint density at radius 2 is 1.40 bits per heavy atom. The van der Waals surface area contributed by atoms with E-state index in [1.165, 1.54) is 0 Å². The monoisotopic (exact) mass is 359 g/mol. The first-order chi connectivity index (χ1) is 2.41. The molecule has 0 spiro atoms. The van der Waals surface area contributed by atoms with E-state index < -0.39 is 0 Å². The molecule has 0 saturated carbocycles. The van der Waals surface area contributed by atoms with Crippen LogP contribution in [0.15, 0.2) is 6.58 Å². The minimum atomic E-state index is 0.542. The molecule has 40 valence electrons. The topological polar surface area (TPSA) is 0 Å². The Balaban J connectivity index is 0. The van der Waals surface area contributed by atoms with E-state index in [-0.39, 0.29) is 0 Å². The summed E-state index contributed by atoms with van der Waals surface area (Å²) in [5.74, 6) is 0. The second-order valence-electron chi connectivity index (χ2n) is 0.0382. The van der Waals surface area contributed by atoms with Gasteiger partial charge in [0, 0.05) is 0 Å². The van der Waals surface area contributed by atoms with E-state index in [1.807, 2.05) is 0 Å². The van der Waals surface area contributed by atoms with Gasteiger partial charge in [0.1, 0.15) is 0 Å². The molecule has 0 saturated heterocycles. The van der Waals surface area contributed by atoms with E-state index in [0.717, 1.165) is 0 Å². The van der Waals surface area contributed by atoms with E-state index in [4.69, 9.17) is 0 Å². The molecular weight excluding hydrogens is 357 g/mol. The van der Waals surface area contributed by atoms with Gasteiger partial charge in [-0.15, -0.1) is 0 Å². The van der Waals surface area contributed by atoms with Crippen LogP contribution < -0.4 is 0 Å². The van der Waals surface area contributed by atoms with E-state index in [0.29, 0.717) is 35.7 Å². The van der Waals surface area contributed by atoms with Gasteiger partial charge in [0.25, 0.3) is 0 Å². The summed E-state index contributed by atoms with van der Waals surface area (Å²) in [6.45, 7) is 7.00. The van der Waals surface area contributed by atoms with Gasteiger partial charge in [0.2, 0.25) is 0 Å². The van der Waals surface area contributed by atoms with Crippen LogP contribution in [0.25, 0.3) is 0 Å². The van der Waals surface area contributed by atoms with Crippen molar-refractivity contribution in [2.24, 2.45) is 0 Å². The van der Waals surface area contributed by atoms with Crippen molar-refractivity contribution in [1.29, 1.82) is 0 Å². The first-order valence-corrected chi connectivity index (χ1v) is 8.19. The summed E-state index contributed by atoms with van der Waals surface area (Å²) in [4.78, 5) is 0. The smallest absolute Gasteiger partial charge is 0.288 e. The Morgan fingerprint density at radius 1 is 1.40 bits per heavy atom. The molecule has 5 heavy (non-hydrogen) atoms. The van der Waals surface area contributed by atoms with E-state index in [9.17, 15) is 0 Å². The maximum atomic E-state index is 4.25. The summed E-state index contributed by atoms with van der Waals surface area (Å²) in [6, 6.07) is 0. The average molecular weight is 360 g/mol. The first-order valence-electron chi connectivity index (χ1n) is 0.610. The largest absolute Gasteiger partial charge is 0.521 e. The quantitative estimate of drug-likeness (QED) is 0.582. The molecule has 0 aliphatic rings. The van der Waals surface area contributed by atoms with Crippen LogP contribution in [0.4, 0.5) is 0 Å². The molecule has 0 nitrogen and oxygen atoms in total. The Kier molecular flexibility index (Phi) is 33.5. The van der Waals surface area contributed by atoms with Crippen molar-refractivity contribution >= 4 is 15.2 Å². The first kappa shape index (κ1) is 10.3. The molecule has 0 N–H and O–H groups in total. The molecule has 0 aromatic rings. The second kappa shape index (κ2) is 16.3. The van der Waals surface area contributed by atoms with Gasteiger partial charge >= 0.3 is 50.9 Å². The Hall–Kier alpha value is 2.22. The van der Waals surface area contributed by atoms with Crippen molar-refractivity contribution in [3.05, 3.63) is 13.2 Å². The third kappa shape index (κ3) is 22.5. The van der Waals surface area contributed by atoms with Crippen LogP contribution in [0.1, 0.15) is 0 Å². The maximum Gasteiger partial charge on any atom is -0.288 e. The summed E-state index contributed by atoms with van der Waals surface area (Å²) < 4.78 is 0. The van der Waals surface area contributed by atoms with Crippen LogP contribution in [0.2, 0.25) is 0 Å². The average Bonchev–Trinajstić information content (AvgIpc) is 1.46. The van der Waals surface area contributed by atoms with Gasteiger partial charge in [0.05, 0.1) is 0 Å². The van der Waals surface area contributed by atoms with Crippen LogP contribution in [-0.4, -0.2) is 0 Å². The van der Waals surface area contributed by atoms with Gasteiger partial charge in [-0.25, -0.2) is 0 Å². The maximum absolute atomic E-state index is 4.25. The minimum Gasteiger partial charge on any atom is -0.521 e. The van der Waals surface area contributed by atoms with Crippen molar-refractivity contribution in [3.8, 4) is 0 Å². The molecule has 0 radical (unpaired) electrons. The van der Waals surface area contributed by atoms with Crippen LogP contribution >= 0.6 is 15.2 Å². The van der Waals surface area contributed by atoms with Gasteiger partial charge in [0.15, 0.2) is 0 Å². The van der Waals surface area contributed by atoms with Crippen LogP contribution in [0.5, 0.6) is 0 Å². The summed E-state index contributed by atoms with van der Waals surface area (Å²) >= 11 is 0.542. The van der Waals surface area contributed by atoms with E-state index in [1.54, 1.807) is 0 Å². The summed E-state index contributed by atoms with van der Waals surface area (Å²) in [5.41, 5.74) is 0. The molecule has 0 aromatic heterocycles. The minimum absolute atomic E-state index is 0.542. The molecule has 0 aromatic carbocycles. The zero-order valence-electron chi connectivity index (χ0n) is 2.31. The molecule has 0 bridgehead atoms. The van der Waals surface area contributed by atoms with Crippen molar-refractivity contribution in [3.63, 3.8) is 0 Å². The van der Waals surface area contributed by atoms with Gasteiger partial charge in [-0.05, 0) is 0 Å². The Bertz CT molecular complexity index is 11.6. The van der Waals surface area contributed by atoms with Crippen LogP contribution in [0.3, 0.4) is 0 Å². The molecule has 3 heteroatoms. The van der Waals surface area contributed by atoms with Crippen molar-refractivity contribution in [2.45, 2.75) is 0 Å². The fourth-order valence-electron chi connectivity index (χ4n) is 0. The molecule has 0 amide bonds. The number of halogens is 2. The SMILES string of the molecule is [Br][Yb][Br].[CH-]=C. The summed E-state index contributed by atoms with van der Waals surface area (Å²) in [7, 11) is 6.24. The van der Waals surface area contributed by atoms with E-state index >= 15 is 0 Å². The molecule has 0 rings (SSSR count). The second-order valence-corrected chi connectivity index (χ2v) is 7.65. The van der Waals surface area contributed by atoms with Crippen LogP contribution in [-0.2, 0) is 0 Å². The van der Waals surface area contributed by atoms with Gasteiger partial charge in [-0.3, -0.25) is 6.58 Å². The Morgan fingerprint density at radius 3 is 1.40 bits per heavy atom. The molecule has 0 fully saturated rings. The van der Waals surface area contributed by atoms with Gasteiger partial charge < -0.3 is 6.58 Å². The summed E-state index contributed by atoms with van der Waals surface area (Å²) in [6.07, 6.45) is 0. The number of hydrogen-bond donors (Lipinski definition) is 0. The molecule has 0 aliphatic carbocycles. The van der Waals surface area contributed by atoms with Crippen molar-refractivity contribution < 1.29 is 35.7 Å². The fraction of sp³-hybridized carbons (Fsp3) is 0. The number of rotatable bonds is 0. The molecule has 0 heterocycles. The predicted molar refractivity (Wildman–Crippen MR) is 27.8 cm³/mol. The summed E-state index contributed by atoms with van der Waals surface area (Å²) in [5, 5.41) is 0. The zero-order chi connectivity index (χ0) is 4.71. The molecular formula is C2H3Br2Yb-. The fourth-order valence-corrected chi connectivity index (χ4v) is 0. The Labute approximate surface area is 62.2 Å². The predicted octanol–water partition coefficient (Wildman–Crippen LogP) is 2.30. The third-order valence-electron chi connectivity index (χ3n) is 0. The normalized spacial score (nSPS) is 5.20. The van der Waals surface area contributed by atoms with Gasteiger partial charge in [-0.2, -0.15) is 0 Å². The van der Waals surface area contributed by atoms with E-state index in [2.05, 4.69) is 28.4 Å². The molecule has 0 atom stereocenters. The molecule has 0 unspecified atom stereocenters. The van der Waals surface area contributed by atoms with Gasteiger partial charge in [-0.1, -0.05) is 0 Å². The zero-order valence-corrected chi connectivity index (χ0v) is 7.19. The van der Waals surface area contributed by atoms with Crippen LogP contribution in [0, 0.1) is 42.2 Å². The third-order valence-corrected chi connectivity index (χ3v) is 0. The van der Waals surface area contributed by atoms with Crippen molar-refractivity contribution in [2.75, 3.05) is 0 Å². The van der Waals surface area contributed by atoms with Crippen molar-refractivity contribution in [1.82, 2.24) is 0 Å². The molecule has 0 aliphatic heterocycles. The standard InChI is InChI=1S/C2H3.2BrH.Yb/c1-2;;;/h1H,2H2;2*1H;/q-1;;;+2/p-2. The number of hydrogen-bond acceptors (Lipinski definition) is 0.